The average Bonchev–Trinajstić information content (AvgIpc) is 2.66. The number of benzene rings is 1. The fourth-order valence-corrected chi connectivity index (χ4v) is 3.74. The van der Waals surface area contributed by atoms with Crippen LogP contribution >= 0.6 is 11.8 Å². The molecule has 136 valence electrons. The van der Waals surface area contributed by atoms with Crippen LogP contribution in [0.15, 0.2) is 52.4 Å². The number of anilines is 1. The van der Waals surface area contributed by atoms with Gasteiger partial charge in [0, 0.05) is 17.7 Å². The SMILES string of the molecule is CSc1n[n+]2c(c(=O)[nH]1)-c1ccccc1N(C(C)=O)C2c1cccc(C)n1. The number of aromatic amines is 1. The first kappa shape index (κ1) is 17.4. The van der Waals surface area contributed by atoms with Crippen LogP contribution in [0.1, 0.15) is 24.5 Å². The second-order valence-corrected chi connectivity index (χ2v) is 7.04. The lowest BCUT2D eigenvalue weighted by Crippen LogP contribution is -2.60. The lowest BCUT2D eigenvalue weighted by atomic mass is 10.0. The summed E-state index contributed by atoms with van der Waals surface area (Å²) in [4.78, 5) is 34.6. The molecule has 7 nitrogen and oxygen atoms in total. The van der Waals surface area contributed by atoms with Crippen molar-refractivity contribution in [2.75, 3.05) is 11.2 Å². The van der Waals surface area contributed by atoms with Gasteiger partial charge >= 0.3 is 17.4 Å². The molecule has 2 aromatic heterocycles. The Morgan fingerprint density at radius 2 is 2.00 bits per heavy atom. The number of amides is 1. The van der Waals surface area contributed by atoms with Crippen LogP contribution in [0.2, 0.25) is 0 Å². The number of para-hydroxylation sites is 1. The number of hydrogen-bond acceptors (Lipinski definition) is 5. The maximum Gasteiger partial charge on any atom is 0.325 e. The Bertz CT molecular complexity index is 1110. The Labute approximate surface area is 160 Å². The normalized spacial score (nSPS) is 15.2. The molecule has 1 N–H and O–H groups in total. The summed E-state index contributed by atoms with van der Waals surface area (Å²) < 4.78 is 1.61. The third-order valence-electron chi connectivity index (χ3n) is 4.47. The monoisotopic (exact) mass is 380 g/mol. The smallest absolute Gasteiger partial charge is 0.291 e. The molecule has 0 bridgehead atoms. The molecule has 1 aliphatic rings. The summed E-state index contributed by atoms with van der Waals surface area (Å²) in [7, 11) is 0. The van der Waals surface area contributed by atoms with Crippen LogP contribution in [0.3, 0.4) is 0 Å². The number of carbonyl (C=O) groups is 1. The summed E-state index contributed by atoms with van der Waals surface area (Å²) >= 11 is 1.34. The van der Waals surface area contributed by atoms with Crippen molar-refractivity contribution in [1.82, 2.24) is 15.1 Å². The van der Waals surface area contributed by atoms with Crippen molar-refractivity contribution in [2.24, 2.45) is 0 Å². The van der Waals surface area contributed by atoms with Crippen molar-refractivity contribution >= 4 is 23.4 Å². The topological polar surface area (TPSA) is 82.8 Å². The molecule has 3 aromatic rings. The van der Waals surface area contributed by atoms with Crippen LogP contribution in [0.5, 0.6) is 0 Å². The third-order valence-corrected chi connectivity index (χ3v) is 5.04. The van der Waals surface area contributed by atoms with Gasteiger partial charge < -0.3 is 0 Å². The summed E-state index contributed by atoms with van der Waals surface area (Å²) in [5.41, 5.74) is 2.97. The number of aryl methyl sites for hydroxylation is 1. The quantitative estimate of drug-likeness (QED) is 0.544. The minimum atomic E-state index is -0.638. The predicted octanol–water partition coefficient (Wildman–Crippen LogP) is 2.06. The third kappa shape index (κ3) is 2.82. The molecule has 27 heavy (non-hydrogen) atoms. The van der Waals surface area contributed by atoms with Gasteiger partial charge in [-0.2, -0.15) is 0 Å². The first-order valence-corrected chi connectivity index (χ1v) is 9.66. The molecule has 1 aliphatic heterocycles. The largest absolute Gasteiger partial charge is 0.325 e. The number of nitrogens with zero attached hydrogens (tertiary/aromatic N) is 4. The fourth-order valence-electron chi connectivity index (χ4n) is 3.38. The highest BCUT2D eigenvalue weighted by atomic mass is 32.2. The number of carbonyl (C=O) groups excluding carboxylic acids is 1. The van der Waals surface area contributed by atoms with Gasteiger partial charge in [-0.05, 0) is 42.1 Å². The molecule has 1 aromatic carbocycles. The lowest BCUT2D eigenvalue weighted by molar-refractivity contribution is -0.763. The number of nitrogens with one attached hydrogen (secondary N) is 1. The van der Waals surface area contributed by atoms with Crippen LogP contribution < -0.4 is 15.1 Å². The van der Waals surface area contributed by atoms with Gasteiger partial charge in [0.2, 0.25) is 11.1 Å². The van der Waals surface area contributed by atoms with E-state index in [-0.39, 0.29) is 11.5 Å². The molecule has 1 amide bonds. The van der Waals surface area contributed by atoms with Crippen molar-refractivity contribution in [3.8, 4) is 11.3 Å². The fraction of sp³-hybridized carbons (Fsp3) is 0.211. The molecule has 0 spiro atoms. The number of thioether (sulfide) groups is 1. The zero-order chi connectivity index (χ0) is 19.1. The van der Waals surface area contributed by atoms with E-state index in [0.717, 1.165) is 5.69 Å². The number of hydrogen-bond donors (Lipinski definition) is 1. The van der Waals surface area contributed by atoms with E-state index in [9.17, 15) is 9.59 Å². The Morgan fingerprint density at radius 3 is 2.70 bits per heavy atom. The molecule has 1 atom stereocenters. The first-order valence-electron chi connectivity index (χ1n) is 8.44. The van der Waals surface area contributed by atoms with Crippen LogP contribution in [0.25, 0.3) is 11.3 Å². The van der Waals surface area contributed by atoms with Gasteiger partial charge in [0.15, 0.2) is 0 Å². The molecule has 0 radical (unpaired) electrons. The Balaban J connectivity index is 2.10. The highest BCUT2D eigenvalue weighted by Crippen LogP contribution is 2.36. The maximum absolute atomic E-state index is 12.9. The van der Waals surface area contributed by atoms with E-state index < -0.39 is 6.17 Å². The second-order valence-electron chi connectivity index (χ2n) is 6.24. The van der Waals surface area contributed by atoms with E-state index in [1.807, 2.05) is 55.6 Å². The van der Waals surface area contributed by atoms with Crippen molar-refractivity contribution in [3.05, 3.63) is 64.2 Å². The van der Waals surface area contributed by atoms with Crippen molar-refractivity contribution in [2.45, 2.75) is 25.2 Å². The number of H-pyrrole nitrogens is 1. The second kappa shape index (κ2) is 6.62. The number of rotatable bonds is 2. The number of pyridine rings is 1. The highest BCUT2D eigenvalue weighted by molar-refractivity contribution is 7.98. The predicted molar refractivity (Wildman–Crippen MR) is 103 cm³/mol. The molecule has 0 aliphatic carbocycles. The Morgan fingerprint density at radius 1 is 1.22 bits per heavy atom. The molecular formula is C19H18N5O2S+. The number of aromatic nitrogens is 4. The summed E-state index contributed by atoms with van der Waals surface area (Å²) in [5, 5.41) is 5.08. The van der Waals surface area contributed by atoms with Gasteiger partial charge in [0.25, 0.3) is 0 Å². The molecule has 1 unspecified atom stereocenters. The Kier molecular flexibility index (Phi) is 4.27. The first-order chi connectivity index (χ1) is 13.0. The summed E-state index contributed by atoms with van der Waals surface area (Å²) in [5.74, 6) is -0.151. The van der Waals surface area contributed by atoms with Crippen LogP contribution in [-0.4, -0.2) is 27.2 Å². The molecule has 0 saturated carbocycles. The Hall–Kier alpha value is -3.00. The van der Waals surface area contributed by atoms with E-state index >= 15 is 0 Å². The molecule has 0 saturated heterocycles. The van der Waals surface area contributed by atoms with Crippen molar-refractivity contribution in [1.29, 1.82) is 0 Å². The highest BCUT2D eigenvalue weighted by Gasteiger charge is 2.45. The molecule has 8 heteroatoms. The van der Waals surface area contributed by atoms with Crippen molar-refractivity contribution < 1.29 is 9.48 Å². The molecule has 0 fully saturated rings. The number of fused-ring (bicyclic) bond motifs is 3. The minimum absolute atomic E-state index is 0.151. The zero-order valence-corrected chi connectivity index (χ0v) is 15.9. The van der Waals surface area contributed by atoms with Crippen molar-refractivity contribution in [3.63, 3.8) is 0 Å². The molecular weight excluding hydrogens is 362 g/mol. The maximum atomic E-state index is 12.9. The lowest BCUT2D eigenvalue weighted by Gasteiger charge is -2.30. The van der Waals surface area contributed by atoms with E-state index in [1.54, 1.807) is 9.58 Å². The minimum Gasteiger partial charge on any atom is -0.291 e. The molecule has 4 rings (SSSR count). The summed E-state index contributed by atoms with van der Waals surface area (Å²) in [6, 6.07) is 13.0. The van der Waals surface area contributed by atoms with Gasteiger partial charge in [-0.3, -0.25) is 14.6 Å². The van der Waals surface area contributed by atoms with E-state index in [1.165, 1.54) is 18.7 Å². The standard InChI is InChI=1S/C19H17N5O2S/c1-11-7-6-9-14(20-11)18-23(12(2)25)15-10-5-4-8-13(15)16-17(26)21-19(27-3)22-24(16)18/h4-10,18H,1-3H3/p+1. The van der Waals surface area contributed by atoms with Gasteiger partial charge in [0.05, 0.1) is 11.3 Å². The van der Waals surface area contributed by atoms with Crippen LogP contribution in [0.4, 0.5) is 5.69 Å². The van der Waals surface area contributed by atoms with Gasteiger partial charge in [-0.15, -0.1) is 0 Å². The summed E-state index contributed by atoms with van der Waals surface area (Å²) in [6.07, 6.45) is 1.20. The van der Waals surface area contributed by atoms with E-state index in [0.29, 0.717) is 27.8 Å². The zero-order valence-electron chi connectivity index (χ0n) is 15.1. The summed E-state index contributed by atoms with van der Waals surface area (Å²) in [6.45, 7) is 3.40. The molecule has 3 heterocycles. The van der Waals surface area contributed by atoms with E-state index in [4.69, 9.17) is 0 Å². The van der Waals surface area contributed by atoms with Gasteiger partial charge in [0.1, 0.15) is 5.69 Å². The van der Waals surface area contributed by atoms with Crippen LogP contribution in [-0.2, 0) is 4.79 Å². The van der Waals surface area contributed by atoms with Crippen LogP contribution in [0, 0.1) is 6.92 Å². The average molecular weight is 380 g/mol. The van der Waals surface area contributed by atoms with Gasteiger partial charge in [-0.25, -0.2) is 9.88 Å². The van der Waals surface area contributed by atoms with E-state index in [2.05, 4.69) is 15.1 Å². The van der Waals surface area contributed by atoms with Gasteiger partial charge in [-0.1, -0.05) is 30.0 Å².